The van der Waals surface area contributed by atoms with Crippen molar-refractivity contribution >= 4 is 10.0 Å². The zero-order chi connectivity index (χ0) is 11.9. The lowest BCUT2D eigenvalue weighted by Crippen LogP contribution is -2.31. The van der Waals surface area contributed by atoms with Crippen LogP contribution in [0.1, 0.15) is 40.0 Å². The van der Waals surface area contributed by atoms with Crippen LogP contribution in [0.25, 0.3) is 0 Å². The highest BCUT2D eigenvalue weighted by molar-refractivity contribution is 7.89. The lowest BCUT2D eigenvalue weighted by Gasteiger charge is -2.12. The second-order valence-corrected chi connectivity index (χ2v) is 5.89. The lowest BCUT2D eigenvalue weighted by atomic mass is 10.2. The van der Waals surface area contributed by atoms with Crippen molar-refractivity contribution in [2.75, 3.05) is 12.3 Å². The third-order valence-corrected chi connectivity index (χ3v) is 4.12. The Bertz CT molecular complexity index is 251. The highest BCUT2D eigenvalue weighted by atomic mass is 32.2. The van der Waals surface area contributed by atoms with Crippen LogP contribution in [0.15, 0.2) is 0 Å². The molecule has 0 heterocycles. The lowest BCUT2D eigenvalue weighted by molar-refractivity contribution is 0.162. The minimum absolute atomic E-state index is 0.172. The van der Waals surface area contributed by atoms with Crippen LogP contribution in [-0.2, 0) is 10.0 Å². The summed E-state index contributed by atoms with van der Waals surface area (Å²) in [5.41, 5.74) is 0. The predicted octanol–water partition coefficient (Wildman–Crippen LogP) is 1.11. The van der Waals surface area contributed by atoms with Crippen molar-refractivity contribution in [1.29, 1.82) is 0 Å². The van der Waals surface area contributed by atoms with E-state index >= 15 is 0 Å². The standard InChI is InChI=1S/C10H23NO3S/c1-4-9(3)8-15(13,14)11-7-6-10(12)5-2/h9-12H,4-8H2,1-3H3/t9-,10+/m1/s1. The van der Waals surface area contributed by atoms with Crippen molar-refractivity contribution < 1.29 is 13.5 Å². The SMILES string of the molecule is CC[C@@H](C)CS(=O)(=O)NCC[C@@H](O)CC. The van der Waals surface area contributed by atoms with Gasteiger partial charge < -0.3 is 5.11 Å². The van der Waals surface area contributed by atoms with Crippen LogP contribution in [0.3, 0.4) is 0 Å². The van der Waals surface area contributed by atoms with Crippen molar-refractivity contribution in [3.05, 3.63) is 0 Å². The second kappa shape index (κ2) is 7.19. The van der Waals surface area contributed by atoms with E-state index in [1.54, 1.807) is 0 Å². The molecule has 0 aromatic carbocycles. The number of rotatable bonds is 8. The molecule has 0 aromatic heterocycles. The highest BCUT2D eigenvalue weighted by Gasteiger charge is 2.14. The van der Waals surface area contributed by atoms with E-state index in [9.17, 15) is 13.5 Å². The molecule has 0 aliphatic heterocycles. The maximum Gasteiger partial charge on any atom is 0.211 e. The number of aliphatic hydroxyl groups excluding tert-OH is 1. The largest absolute Gasteiger partial charge is 0.393 e. The van der Waals surface area contributed by atoms with E-state index in [1.807, 2.05) is 20.8 Å². The van der Waals surface area contributed by atoms with E-state index in [0.717, 1.165) is 6.42 Å². The van der Waals surface area contributed by atoms with Gasteiger partial charge in [-0.3, -0.25) is 0 Å². The summed E-state index contributed by atoms with van der Waals surface area (Å²) < 4.78 is 25.5. The number of aliphatic hydroxyl groups is 1. The fourth-order valence-corrected chi connectivity index (χ4v) is 2.67. The Morgan fingerprint density at radius 2 is 1.87 bits per heavy atom. The summed E-state index contributed by atoms with van der Waals surface area (Å²) >= 11 is 0. The molecular formula is C10H23NO3S. The van der Waals surface area contributed by atoms with E-state index in [0.29, 0.717) is 19.4 Å². The van der Waals surface area contributed by atoms with Crippen molar-refractivity contribution in [2.24, 2.45) is 5.92 Å². The van der Waals surface area contributed by atoms with Crippen LogP contribution in [0.2, 0.25) is 0 Å². The smallest absolute Gasteiger partial charge is 0.211 e. The van der Waals surface area contributed by atoms with Gasteiger partial charge in [0.15, 0.2) is 0 Å². The van der Waals surface area contributed by atoms with Crippen LogP contribution in [0.4, 0.5) is 0 Å². The van der Waals surface area contributed by atoms with Gasteiger partial charge in [0, 0.05) is 6.54 Å². The Morgan fingerprint density at radius 1 is 1.27 bits per heavy atom. The van der Waals surface area contributed by atoms with E-state index in [1.165, 1.54) is 0 Å². The molecule has 0 saturated carbocycles. The van der Waals surface area contributed by atoms with Gasteiger partial charge in [0.05, 0.1) is 11.9 Å². The third kappa shape index (κ3) is 7.76. The first-order valence-corrected chi connectivity index (χ1v) is 7.21. The summed E-state index contributed by atoms with van der Waals surface area (Å²) in [6, 6.07) is 0. The van der Waals surface area contributed by atoms with E-state index in [-0.39, 0.29) is 11.7 Å². The summed E-state index contributed by atoms with van der Waals surface area (Å²) in [5.74, 6) is 0.352. The van der Waals surface area contributed by atoms with Gasteiger partial charge in [-0.05, 0) is 18.8 Å². The summed E-state index contributed by atoms with van der Waals surface area (Å²) in [7, 11) is -3.16. The Hall–Kier alpha value is -0.130. The minimum Gasteiger partial charge on any atom is -0.393 e. The van der Waals surface area contributed by atoms with Crippen LogP contribution in [0.5, 0.6) is 0 Å². The van der Waals surface area contributed by atoms with Gasteiger partial charge in [0.25, 0.3) is 0 Å². The summed E-state index contributed by atoms with van der Waals surface area (Å²) in [6.45, 7) is 6.09. The molecule has 0 amide bonds. The van der Waals surface area contributed by atoms with E-state index in [2.05, 4.69) is 4.72 Å². The molecule has 5 heteroatoms. The topological polar surface area (TPSA) is 66.4 Å². The molecule has 4 nitrogen and oxygen atoms in total. The molecule has 0 spiro atoms. The average molecular weight is 237 g/mol. The van der Waals surface area contributed by atoms with Gasteiger partial charge in [0.2, 0.25) is 10.0 Å². The van der Waals surface area contributed by atoms with Gasteiger partial charge in [-0.15, -0.1) is 0 Å². The van der Waals surface area contributed by atoms with Gasteiger partial charge in [-0.2, -0.15) is 0 Å². The Kier molecular flexibility index (Phi) is 7.13. The molecule has 0 radical (unpaired) electrons. The quantitative estimate of drug-likeness (QED) is 0.664. The van der Waals surface area contributed by atoms with Gasteiger partial charge in [-0.1, -0.05) is 27.2 Å². The van der Waals surface area contributed by atoms with Crippen molar-refractivity contribution in [2.45, 2.75) is 46.1 Å². The molecular weight excluding hydrogens is 214 g/mol. The molecule has 0 unspecified atom stereocenters. The van der Waals surface area contributed by atoms with Crippen molar-refractivity contribution in [3.8, 4) is 0 Å². The predicted molar refractivity (Wildman–Crippen MR) is 62.2 cm³/mol. The molecule has 0 fully saturated rings. The van der Waals surface area contributed by atoms with Gasteiger partial charge >= 0.3 is 0 Å². The third-order valence-electron chi connectivity index (χ3n) is 2.47. The number of hydrogen-bond acceptors (Lipinski definition) is 3. The maximum absolute atomic E-state index is 11.5. The Morgan fingerprint density at radius 3 is 2.33 bits per heavy atom. The van der Waals surface area contributed by atoms with E-state index in [4.69, 9.17) is 0 Å². The Labute approximate surface area is 93.1 Å². The minimum atomic E-state index is -3.16. The number of hydrogen-bond donors (Lipinski definition) is 2. The Balaban J connectivity index is 3.85. The van der Waals surface area contributed by atoms with Crippen molar-refractivity contribution in [3.63, 3.8) is 0 Å². The summed E-state index contributed by atoms with van der Waals surface area (Å²) in [6.07, 6.45) is 1.60. The second-order valence-electron chi connectivity index (χ2n) is 4.04. The first-order valence-electron chi connectivity index (χ1n) is 5.56. The molecule has 0 rings (SSSR count). The van der Waals surface area contributed by atoms with Crippen LogP contribution in [0, 0.1) is 5.92 Å². The van der Waals surface area contributed by atoms with Crippen LogP contribution < -0.4 is 4.72 Å². The normalized spacial score (nSPS) is 16.3. The molecule has 0 bridgehead atoms. The monoisotopic (exact) mass is 237 g/mol. The summed E-state index contributed by atoms with van der Waals surface area (Å²) in [5, 5.41) is 9.25. The summed E-state index contributed by atoms with van der Waals surface area (Å²) in [4.78, 5) is 0. The molecule has 2 atom stereocenters. The van der Waals surface area contributed by atoms with Crippen LogP contribution >= 0.6 is 0 Å². The van der Waals surface area contributed by atoms with Crippen LogP contribution in [-0.4, -0.2) is 31.9 Å². The molecule has 15 heavy (non-hydrogen) atoms. The molecule has 0 saturated heterocycles. The van der Waals surface area contributed by atoms with Gasteiger partial charge in [-0.25, -0.2) is 13.1 Å². The maximum atomic E-state index is 11.5. The fraction of sp³-hybridized carbons (Fsp3) is 1.00. The molecule has 0 aliphatic rings. The number of sulfonamides is 1. The average Bonchev–Trinajstić information content (AvgIpc) is 2.16. The highest BCUT2D eigenvalue weighted by Crippen LogP contribution is 2.04. The molecule has 0 aliphatic carbocycles. The zero-order valence-corrected chi connectivity index (χ0v) is 10.7. The zero-order valence-electron chi connectivity index (χ0n) is 9.86. The molecule has 2 N–H and O–H groups in total. The molecule has 0 aromatic rings. The van der Waals surface area contributed by atoms with Crippen molar-refractivity contribution in [1.82, 2.24) is 4.72 Å². The fourth-order valence-electron chi connectivity index (χ4n) is 1.14. The van der Waals surface area contributed by atoms with Gasteiger partial charge in [0.1, 0.15) is 0 Å². The van der Waals surface area contributed by atoms with E-state index < -0.39 is 16.1 Å². The first kappa shape index (κ1) is 14.9. The first-order chi connectivity index (χ1) is 6.91. The number of nitrogens with one attached hydrogen (secondary N) is 1. The molecule has 92 valence electrons.